The summed E-state index contributed by atoms with van der Waals surface area (Å²) in [6, 6.07) is 16.6. The molecule has 4 atom stereocenters. The molecule has 0 bridgehead atoms. The molecule has 10 heteroatoms. The van der Waals surface area contributed by atoms with E-state index in [0.717, 1.165) is 5.56 Å². The number of nitrogens with zero attached hydrogens (tertiary/aromatic N) is 2. The van der Waals surface area contributed by atoms with Crippen LogP contribution in [0.2, 0.25) is 10.0 Å². The first kappa shape index (κ1) is 30.6. The first-order valence-corrected chi connectivity index (χ1v) is 15.4. The second-order valence-corrected chi connectivity index (χ2v) is 13.9. The molecule has 3 aliphatic rings. The van der Waals surface area contributed by atoms with Gasteiger partial charge in [0.1, 0.15) is 11.4 Å². The van der Waals surface area contributed by atoms with Crippen molar-refractivity contribution in [1.29, 1.82) is 0 Å². The van der Waals surface area contributed by atoms with Gasteiger partial charge in [-0.25, -0.2) is 9.18 Å². The van der Waals surface area contributed by atoms with Crippen molar-refractivity contribution in [1.82, 2.24) is 9.80 Å². The van der Waals surface area contributed by atoms with Gasteiger partial charge in [0, 0.05) is 47.9 Å². The third-order valence-corrected chi connectivity index (χ3v) is 9.59. The second-order valence-electron chi connectivity index (χ2n) is 13.0. The highest BCUT2D eigenvalue weighted by Gasteiger charge is 2.69. The lowest BCUT2D eigenvalue weighted by Gasteiger charge is -2.43. The zero-order valence-corrected chi connectivity index (χ0v) is 26.5. The summed E-state index contributed by atoms with van der Waals surface area (Å²) in [6.45, 7) is 7.52. The molecule has 3 aromatic carbocycles. The number of anilines is 1. The number of likely N-dealkylation sites (tertiary alicyclic amines) is 2. The van der Waals surface area contributed by atoms with E-state index in [1.807, 2.05) is 6.07 Å². The van der Waals surface area contributed by atoms with Crippen LogP contribution in [0.1, 0.15) is 60.2 Å². The minimum atomic E-state index is -1.37. The van der Waals surface area contributed by atoms with Crippen LogP contribution in [0.4, 0.5) is 10.1 Å². The molecule has 2 amide bonds. The van der Waals surface area contributed by atoms with Gasteiger partial charge in [0.2, 0.25) is 11.8 Å². The van der Waals surface area contributed by atoms with Crippen molar-refractivity contribution in [2.75, 3.05) is 25.5 Å². The molecule has 0 aliphatic carbocycles. The predicted octanol–water partition coefficient (Wildman–Crippen LogP) is 6.63. The number of benzene rings is 3. The Morgan fingerprint density at radius 1 is 1.09 bits per heavy atom. The number of carbonyl (C=O) groups is 3. The summed E-state index contributed by atoms with van der Waals surface area (Å²) in [6.07, 6.45) is 0.587. The third kappa shape index (κ3) is 4.88. The summed E-state index contributed by atoms with van der Waals surface area (Å²) in [5, 5.41) is 3.43. The largest absolute Gasteiger partial charge is 0.465 e. The first-order valence-electron chi connectivity index (χ1n) is 14.6. The van der Waals surface area contributed by atoms with Crippen molar-refractivity contribution in [3.63, 3.8) is 0 Å². The van der Waals surface area contributed by atoms with Crippen LogP contribution in [0.3, 0.4) is 0 Å². The third-order valence-electron chi connectivity index (χ3n) is 9.07. The molecule has 1 spiro atoms. The number of nitrogens with one attached hydrogen (secondary N) is 1. The molecule has 2 saturated heterocycles. The molecule has 3 aliphatic heterocycles. The molecule has 3 heterocycles. The van der Waals surface area contributed by atoms with E-state index < -0.39 is 29.2 Å². The van der Waals surface area contributed by atoms with Crippen LogP contribution in [-0.2, 0) is 26.4 Å². The molecule has 0 saturated carbocycles. The standard InChI is InChI=1S/C34H34Cl2FN3O4/c1-33(2,3)18-40-26-14-15-39(17-19-8-10-20(11-9-19)31(42)44-4)30(41)27(26)28(22-6-5-7-24(36)29(22)37)34(40)23-13-12-21(35)16-25(23)38-32(34)43/h5-13,16,26-28H,14-15,17-18H2,1-4H3,(H,38,43)/t26-,27+,28-,34+/m0/s1. The highest BCUT2D eigenvalue weighted by Crippen LogP contribution is 2.62. The fourth-order valence-electron chi connectivity index (χ4n) is 7.43. The van der Waals surface area contributed by atoms with Gasteiger partial charge in [-0.1, -0.05) is 74.3 Å². The Kier molecular flexibility index (Phi) is 7.75. The van der Waals surface area contributed by atoms with Crippen molar-refractivity contribution in [3.05, 3.63) is 98.8 Å². The summed E-state index contributed by atoms with van der Waals surface area (Å²) in [7, 11) is 1.33. The van der Waals surface area contributed by atoms with E-state index in [4.69, 9.17) is 27.9 Å². The lowest BCUT2D eigenvalue weighted by Crippen LogP contribution is -2.55. The number of halogens is 3. The molecule has 0 aromatic heterocycles. The van der Waals surface area contributed by atoms with E-state index in [1.165, 1.54) is 13.2 Å². The molecular formula is C34H34Cl2FN3O4. The second kappa shape index (κ2) is 11.2. The predicted molar refractivity (Wildman–Crippen MR) is 167 cm³/mol. The van der Waals surface area contributed by atoms with Crippen molar-refractivity contribution in [2.24, 2.45) is 11.3 Å². The van der Waals surface area contributed by atoms with Gasteiger partial charge < -0.3 is 15.0 Å². The van der Waals surface area contributed by atoms with Crippen LogP contribution in [0, 0.1) is 17.2 Å². The molecule has 7 nitrogen and oxygen atoms in total. The van der Waals surface area contributed by atoms with E-state index in [1.54, 1.807) is 53.4 Å². The topological polar surface area (TPSA) is 78.9 Å². The maximum Gasteiger partial charge on any atom is 0.337 e. The van der Waals surface area contributed by atoms with E-state index in [-0.39, 0.29) is 33.9 Å². The van der Waals surface area contributed by atoms with Crippen LogP contribution in [0.5, 0.6) is 0 Å². The van der Waals surface area contributed by atoms with Gasteiger partial charge in [0.05, 0.1) is 23.6 Å². The van der Waals surface area contributed by atoms with E-state index >= 15 is 4.39 Å². The Morgan fingerprint density at radius 2 is 1.82 bits per heavy atom. The van der Waals surface area contributed by atoms with Crippen LogP contribution < -0.4 is 5.32 Å². The zero-order chi connectivity index (χ0) is 31.6. The molecular weight excluding hydrogens is 604 g/mol. The number of esters is 1. The van der Waals surface area contributed by atoms with Crippen molar-refractivity contribution < 1.29 is 23.5 Å². The van der Waals surface area contributed by atoms with Gasteiger partial charge >= 0.3 is 5.97 Å². The highest BCUT2D eigenvalue weighted by atomic mass is 35.5. The molecule has 1 N–H and O–H groups in total. The number of hydrogen-bond acceptors (Lipinski definition) is 5. The quantitative estimate of drug-likeness (QED) is 0.318. The average Bonchev–Trinajstić information content (AvgIpc) is 3.42. The van der Waals surface area contributed by atoms with Crippen molar-refractivity contribution in [3.8, 4) is 0 Å². The summed E-state index contributed by atoms with van der Waals surface area (Å²) in [5.41, 5.74) is 1.10. The summed E-state index contributed by atoms with van der Waals surface area (Å²) in [5.74, 6) is -3.14. The van der Waals surface area contributed by atoms with Crippen LogP contribution >= 0.6 is 23.2 Å². The maximum absolute atomic E-state index is 16.1. The van der Waals surface area contributed by atoms with Gasteiger partial charge in [-0.3, -0.25) is 14.5 Å². The van der Waals surface area contributed by atoms with Gasteiger partial charge in [-0.2, -0.15) is 0 Å². The van der Waals surface area contributed by atoms with Crippen LogP contribution in [-0.4, -0.2) is 53.8 Å². The molecule has 0 radical (unpaired) electrons. The number of fused-ring (bicyclic) bond motifs is 3. The summed E-state index contributed by atoms with van der Waals surface area (Å²) >= 11 is 12.7. The Bertz CT molecular complexity index is 1660. The van der Waals surface area contributed by atoms with E-state index in [0.29, 0.717) is 47.9 Å². The molecule has 2 fully saturated rings. The van der Waals surface area contributed by atoms with Crippen LogP contribution in [0.25, 0.3) is 0 Å². The number of hydrogen-bond donors (Lipinski definition) is 1. The molecule has 0 unspecified atom stereocenters. The number of rotatable bonds is 5. The van der Waals surface area contributed by atoms with Gasteiger partial charge in [-0.15, -0.1) is 0 Å². The van der Waals surface area contributed by atoms with Crippen molar-refractivity contribution >= 4 is 46.7 Å². The maximum atomic E-state index is 16.1. The fraction of sp³-hybridized carbons (Fsp3) is 0.382. The van der Waals surface area contributed by atoms with Crippen LogP contribution in [0.15, 0.2) is 60.7 Å². The normalized spacial score (nSPS) is 24.8. The lowest BCUT2D eigenvalue weighted by atomic mass is 9.70. The van der Waals surface area contributed by atoms with E-state index in [2.05, 4.69) is 31.0 Å². The molecule has 6 rings (SSSR count). The summed E-state index contributed by atoms with van der Waals surface area (Å²) in [4.78, 5) is 45.0. The number of carbonyl (C=O) groups excluding carboxylic acids is 3. The number of ether oxygens (including phenoxy) is 1. The van der Waals surface area contributed by atoms with Gasteiger partial charge in [0.15, 0.2) is 0 Å². The summed E-state index contributed by atoms with van der Waals surface area (Å²) < 4.78 is 20.9. The Hall–Kier alpha value is -3.46. The SMILES string of the molecule is COC(=O)c1ccc(CN2CC[C@H]3[C@@H](C2=O)[C@H](c2cccc(Cl)c2F)[C@]2(C(=O)Nc4cc(Cl)ccc42)N3CC(C)(C)C)cc1. The fourth-order valence-corrected chi connectivity index (χ4v) is 7.78. The van der Waals surface area contributed by atoms with Crippen molar-refractivity contribution in [2.45, 2.75) is 51.2 Å². The Morgan fingerprint density at radius 3 is 2.50 bits per heavy atom. The Labute approximate surface area is 266 Å². The van der Waals surface area contributed by atoms with E-state index in [9.17, 15) is 14.4 Å². The minimum Gasteiger partial charge on any atom is -0.465 e. The highest BCUT2D eigenvalue weighted by molar-refractivity contribution is 6.31. The average molecular weight is 639 g/mol. The van der Waals surface area contributed by atoms with Gasteiger partial charge in [-0.05, 0) is 53.3 Å². The minimum absolute atomic E-state index is 0.0657. The number of piperidine rings is 1. The van der Waals surface area contributed by atoms with Gasteiger partial charge in [0.25, 0.3) is 0 Å². The monoisotopic (exact) mass is 637 g/mol. The Balaban J connectivity index is 1.50. The first-order chi connectivity index (χ1) is 20.9. The lowest BCUT2D eigenvalue weighted by molar-refractivity contribution is -0.141. The molecule has 230 valence electrons. The molecule has 3 aromatic rings. The number of amides is 2. The number of methoxy groups -OCH3 is 1. The smallest absolute Gasteiger partial charge is 0.337 e. The molecule has 44 heavy (non-hydrogen) atoms. The zero-order valence-electron chi connectivity index (χ0n) is 25.0.